The predicted octanol–water partition coefficient (Wildman–Crippen LogP) is 0.283. The van der Waals surface area contributed by atoms with Gasteiger partial charge in [-0.25, -0.2) is 15.0 Å². The van der Waals surface area contributed by atoms with E-state index >= 15 is 0 Å². The first-order valence-corrected chi connectivity index (χ1v) is 8.70. The average Bonchev–Trinajstić information content (AvgIpc) is 3.21. The largest absolute Gasteiger partial charge is 0.387 e. The Morgan fingerprint density at radius 1 is 1.18 bits per heavy atom. The molecule has 146 valence electrons. The van der Waals surface area contributed by atoms with Gasteiger partial charge in [0.25, 0.3) is 5.91 Å². The molecule has 0 aliphatic carbocycles. The fourth-order valence-electron chi connectivity index (χ4n) is 3.37. The minimum Gasteiger partial charge on any atom is -0.387 e. The first-order valence-electron chi connectivity index (χ1n) is 8.70. The van der Waals surface area contributed by atoms with E-state index in [0.717, 1.165) is 11.1 Å². The van der Waals surface area contributed by atoms with E-state index in [1.54, 1.807) is 0 Å². The molecule has 4 atom stereocenters. The number of nitrogen functional groups attached to an aromatic ring is 1. The van der Waals surface area contributed by atoms with Gasteiger partial charge in [0.05, 0.1) is 6.33 Å². The Hall–Kier alpha value is -3.08. The lowest BCUT2D eigenvalue weighted by atomic mass is 10.1. The van der Waals surface area contributed by atoms with E-state index < -0.39 is 30.4 Å². The number of fused-ring (bicyclic) bond motifs is 1. The topological polar surface area (TPSA) is 148 Å². The molecular weight excluding hydrogens is 364 g/mol. The van der Waals surface area contributed by atoms with Crippen LogP contribution in [0.1, 0.15) is 17.4 Å². The van der Waals surface area contributed by atoms with Gasteiger partial charge < -0.3 is 26.0 Å². The normalized spacial score (nSPS) is 24.6. The molecule has 1 fully saturated rings. The molecule has 10 nitrogen and oxygen atoms in total. The molecule has 3 heterocycles. The Kier molecular flexibility index (Phi) is 4.46. The van der Waals surface area contributed by atoms with Gasteiger partial charge in [0.2, 0.25) is 0 Å². The number of imidazole rings is 1. The number of rotatable bonds is 3. The molecule has 0 bridgehead atoms. The number of aliphatic hydroxyl groups excluding tert-OH is 2. The van der Waals surface area contributed by atoms with Gasteiger partial charge in [0.1, 0.15) is 24.1 Å². The summed E-state index contributed by atoms with van der Waals surface area (Å²) in [4.78, 5) is 24.8. The minimum absolute atomic E-state index is 0.182. The third kappa shape index (κ3) is 2.87. The van der Waals surface area contributed by atoms with E-state index in [9.17, 15) is 15.0 Å². The lowest BCUT2D eigenvalue weighted by molar-refractivity contribution is -0.132. The highest BCUT2D eigenvalue weighted by atomic mass is 16.6. The van der Waals surface area contributed by atoms with E-state index in [1.165, 1.54) is 17.2 Å². The summed E-state index contributed by atoms with van der Waals surface area (Å²) in [6.07, 6.45) is -2.46. The zero-order valence-electron chi connectivity index (χ0n) is 15.3. The third-order valence-corrected chi connectivity index (χ3v) is 4.89. The number of nitrogens with zero attached hydrogens (tertiary/aromatic N) is 4. The van der Waals surface area contributed by atoms with Gasteiger partial charge in [-0.1, -0.05) is 18.2 Å². The molecule has 1 saturated heterocycles. The molecule has 5 N–H and O–H groups in total. The van der Waals surface area contributed by atoms with E-state index in [4.69, 9.17) is 10.5 Å². The number of benzene rings is 1. The quantitative estimate of drug-likeness (QED) is 0.503. The summed E-state index contributed by atoms with van der Waals surface area (Å²) in [5.41, 5.74) is 8.86. The second kappa shape index (κ2) is 6.82. The molecule has 2 aromatic heterocycles. The maximum absolute atomic E-state index is 12.7. The SMILES string of the molecule is Cc1cccc(C)c1NC(=O)[C@H]1OC(n2cnc3c(N)ncnc32)[C@H](O)[C@@H]1O. The predicted molar refractivity (Wildman–Crippen MR) is 100 cm³/mol. The van der Waals surface area contributed by atoms with Gasteiger partial charge >= 0.3 is 0 Å². The maximum Gasteiger partial charge on any atom is 0.256 e. The number of para-hydroxylation sites is 1. The first-order chi connectivity index (χ1) is 13.4. The van der Waals surface area contributed by atoms with Crippen molar-refractivity contribution in [2.75, 3.05) is 11.1 Å². The van der Waals surface area contributed by atoms with Gasteiger partial charge in [0, 0.05) is 5.69 Å². The van der Waals surface area contributed by atoms with Crippen molar-refractivity contribution in [3.05, 3.63) is 42.0 Å². The van der Waals surface area contributed by atoms with Crippen molar-refractivity contribution >= 4 is 28.6 Å². The number of carbonyl (C=O) groups excluding carboxylic acids is 1. The molecule has 1 aliphatic rings. The standard InChI is InChI=1S/C18H20N6O4/c1-8-4-3-5-9(2)10(8)23-17(27)14-12(25)13(26)18(28-14)24-7-22-11-15(19)20-6-21-16(11)24/h3-7,12-14,18,25-26H,1-2H3,(H,23,27)(H2,19,20,21)/t12-,13+,14-,18?/m0/s1. The summed E-state index contributed by atoms with van der Waals surface area (Å²) in [5.74, 6) is -0.369. The van der Waals surface area contributed by atoms with Gasteiger partial charge in [-0.3, -0.25) is 9.36 Å². The molecule has 1 aliphatic heterocycles. The molecule has 1 unspecified atom stereocenters. The summed E-state index contributed by atoms with van der Waals surface area (Å²) in [5, 5.41) is 23.7. The molecule has 0 saturated carbocycles. The second-order valence-corrected chi connectivity index (χ2v) is 6.77. The van der Waals surface area contributed by atoms with Crippen LogP contribution in [0.3, 0.4) is 0 Å². The second-order valence-electron chi connectivity index (χ2n) is 6.77. The number of amides is 1. The molecule has 28 heavy (non-hydrogen) atoms. The summed E-state index contributed by atoms with van der Waals surface area (Å²) < 4.78 is 7.13. The monoisotopic (exact) mass is 384 g/mol. The highest BCUT2D eigenvalue weighted by Crippen LogP contribution is 2.33. The van der Waals surface area contributed by atoms with Crippen LogP contribution in [-0.2, 0) is 9.53 Å². The number of ether oxygens (including phenoxy) is 1. The number of aryl methyl sites for hydroxylation is 2. The van der Waals surface area contributed by atoms with Crippen molar-refractivity contribution < 1.29 is 19.7 Å². The summed E-state index contributed by atoms with van der Waals surface area (Å²) in [7, 11) is 0. The van der Waals surface area contributed by atoms with Crippen LogP contribution in [0.25, 0.3) is 11.2 Å². The van der Waals surface area contributed by atoms with Crippen LogP contribution in [0.5, 0.6) is 0 Å². The van der Waals surface area contributed by atoms with Crippen LogP contribution in [0.4, 0.5) is 11.5 Å². The van der Waals surface area contributed by atoms with Crippen molar-refractivity contribution in [2.24, 2.45) is 0 Å². The highest BCUT2D eigenvalue weighted by Gasteiger charge is 2.48. The van der Waals surface area contributed by atoms with Gasteiger partial charge in [-0.15, -0.1) is 0 Å². The molecule has 10 heteroatoms. The Bertz CT molecular complexity index is 1030. The molecule has 0 radical (unpaired) electrons. The molecule has 3 aromatic rings. The van der Waals surface area contributed by atoms with Crippen molar-refractivity contribution in [1.82, 2.24) is 19.5 Å². The maximum atomic E-state index is 12.7. The lowest BCUT2D eigenvalue weighted by Gasteiger charge is -2.17. The number of carbonyl (C=O) groups is 1. The smallest absolute Gasteiger partial charge is 0.256 e. The fraction of sp³-hybridized carbons (Fsp3) is 0.333. The van der Waals surface area contributed by atoms with E-state index in [0.29, 0.717) is 16.9 Å². The van der Waals surface area contributed by atoms with E-state index in [1.807, 2.05) is 32.0 Å². The molecular formula is C18H20N6O4. The number of nitrogens with two attached hydrogens (primary N) is 1. The van der Waals surface area contributed by atoms with Gasteiger partial charge in [-0.05, 0) is 25.0 Å². The number of anilines is 2. The fourth-order valence-corrected chi connectivity index (χ4v) is 3.37. The van der Waals surface area contributed by atoms with E-state index in [2.05, 4.69) is 20.3 Å². The molecule has 1 amide bonds. The van der Waals surface area contributed by atoms with Crippen molar-refractivity contribution in [2.45, 2.75) is 38.4 Å². The van der Waals surface area contributed by atoms with Crippen LogP contribution in [0.15, 0.2) is 30.9 Å². The number of hydrogen-bond donors (Lipinski definition) is 4. The molecule has 1 aromatic carbocycles. The third-order valence-electron chi connectivity index (χ3n) is 4.89. The highest BCUT2D eigenvalue weighted by molar-refractivity contribution is 5.96. The van der Waals surface area contributed by atoms with Crippen LogP contribution in [0, 0.1) is 13.8 Å². The number of hydrogen-bond acceptors (Lipinski definition) is 8. The van der Waals surface area contributed by atoms with Crippen LogP contribution in [0.2, 0.25) is 0 Å². The van der Waals surface area contributed by atoms with Gasteiger partial charge in [0.15, 0.2) is 23.8 Å². The van der Waals surface area contributed by atoms with E-state index in [-0.39, 0.29) is 5.82 Å². The average molecular weight is 384 g/mol. The van der Waals surface area contributed by atoms with Crippen LogP contribution in [-0.4, -0.2) is 54.0 Å². The number of aliphatic hydroxyl groups is 2. The Morgan fingerprint density at radius 3 is 2.61 bits per heavy atom. The van der Waals surface area contributed by atoms with Crippen LogP contribution < -0.4 is 11.1 Å². The Labute approximate surface area is 160 Å². The summed E-state index contributed by atoms with van der Waals surface area (Å²) >= 11 is 0. The number of nitrogens with one attached hydrogen (secondary N) is 1. The zero-order chi connectivity index (χ0) is 20.0. The van der Waals surface area contributed by atoms with Crippen LogP contribution >= 0.6 is 0 Å². The van der Waals surface area contributed by atoms with Crippen molar-refractivity contribution in [3.8, 4) is 0 Å². The van der Waals surface area contributed by atoms with Crippen molar-refractivity contribution in [1.29, 1.82) is 0 Å². The molecule has 0 spiro atoms. The molecule has 4 rings (SSSR count). The Morgan fingerprint density at radius 2 is 1.89 bits per heavy atom. The zero-order valence-corrected chi connectivity index (χ0v) is 15.3. The number of aromatic nitrogens is 4. The lowest BCUT2D eigenvalue weighted by Crippen LogP contribution is -2.39. The summed E-state index contributed by atoms with van der Waals surface area (Å²) in [6.45, 7) is 3.74. The summed E-state index contributed by atoms with van der Waals surface area (Å²) in [6, 6.07) is 5.63. The Balaban J connectivity index is 1.61. The van der Waals surface area contributed by atoms with Gasteiger partial charge in [-0.2, -0.15) is 0 Å². The first kappa shape index (κ1) is 18.3. The van der Waals surface area contributed by atoms with Crippen molar-refractivity contribution in [3.63, 3.8) is 0 Å². The minimum atomic E-state index is -1.43.